The third-order valence-corrected chi connectivity index (χ3v) is 5.46. The van der Waals surface area contributed by atoms with Crippen molar-refractivity contribution in [3.63, 3.8) is 0 Å². The van der Waals surface area contributed by atoms with E-state index in [0.29, 0.717) is 17.9 Å². The number of rotatable bonds is 5. The lowest BCUT2D eigenvalue weighted by Crippen LogP contribution is -2.35. The number of alkyl halides is 1. The van der Waals surface area contributed by atoms with Crippen molar-refractivity contribution in [1.82, 2.24) is 0 Å². The van der Waals surface area contributed by atoms with Gasteiger partial charge in [-0.15, -0.1) is 0 Å². The third-order valence-electron chi connectivity index (χ3n) is 4.66. The molecule has 0 radical (unpaired) electrons. The minimum Gasteiger partial charge on any atom is -0.369 e. The molecule has 1 fully saturated rings. The van der Waals surface area contributed by atoms with E-state index in [1.165, 1.54) is 18.9 Å². The number of hydrogen-bond donors (Lipinski definition) is 0. The highest BCUT2D eigenvalue weighted by molar-refractivity contribution is 14.1. The van der Waals surface area contributed by atoms with Crippen molar-refractivity contribution in [1.29, 1.82) is 0 Å². The Morgan fingerprint density at radius 3 is 2.71 bits per heavy atom. The normalized spacial score (nSPS) is 27.8. The van der Waals surface area contributed by atoms with E-state index in [9.17, 15) is 4.39 Å². The zero-order valence-electron chi connectivity index (χ0n) is 13.2. The van der Waals surface area contributed by atoms with E-state index in [1.54, 1.807) is 12.1 Å². The van der Waals surface area contributed by atoms with Crippen LogP contribution in [0.2, 0.25) is 0 Å². The van der Waals surface area contributed by atoms with Gasteiger partial charge in [0.25, 0.3) is 0 Å². The van der Waals surface area contributed by atoms with Crippen molar-refractivity contribution in [3.05, 3.63) is 35.6 Å². The second-order valence-corrected chi connectivity index (χ2v) is 7.58. The first-order valence-corrected chi connectivity index (χ1v) is 9.50. The molecule has 0 aromatic heterocycles. The quantitative estimate of drug-likeness (QED) is 0.447. The lowest BCUT2D eigenvalue weighted by atomic mass is 9.75. The van der Waals surface area contributed by atoms with E-state index in [2.05, 4.69) is 43.4 Å². The van der Waals surface area contributed by atoms with Gasteiger partial charge in [0, 0.05) is 4.43 Å². The molecule has 4 unspecified atom stereocenters. The smallest absolute Gasteiger partial charge is 0.123 e. The fourth-order valence-corrected chi connectivity index (χ4v) is 4.11. The van der Waals surface area contributed by atoms with Gasteiger partial charge in [-0.3, -0.25) is 0 Å². The number of halogens is 2. The molecule has 4 atom stereocenters. The maximum atomic E-state index is 13.5. The molecule has 0 heterocycles. The van der Waals surface area contributed by atoms with Crippen LogP contribution in [0.5, 0.6) is 0 Å². The lowest BCUT2D eigenvalue weighted by molar-refractivity contribution is -0.0727. The first-order chi connectivity index (χ1) is 10.0. The van der Waals surface area contributed by atoms with Crippen LogP contribution in [0, 0.1) is 23.6 Å². The summed E-state index contributed by atoms with van der Waals surface area (Å²) in [5.74, 6) is 1.82. The molecule has 118 valence electrons. The van der Waals surface area contributed by atoms with Crippen LogP contribution in [0.25, 0.3) is 0 Å². The molecule has 0 spiro atoms. The van der Waals surface area contributed by atoms with Crippen LogP contribution in [0.15, 0.2) is 24.3 Å². The van der Waals surface area contributed by atoms with Gasteiger partial charge in [0.2, 0.25) is 0 Å². The number of benzene rings is 1. The molecular formula is C18H26FIO. The highest BCUT2D eigenvalue weighted by Gasteiger charge is 2.33. The Labute approximate surface area is 141 Å². The topological polar surface area (TPSA) is 9.23 Å². The average Bonchev–Trinajstić information content (AvgIpc) is 2.44. The molecule has 0 N–H and O–H groups in total. The Kier molecular flexibility index (Phi) is 6.48. The zero-order chi connectivity index (χ0) is 15.4. The lowest BCUT2D eigenvalue weighted by Gasteiger charge is -2.39. The molecule has 0 bridgehead atoms. The van der Waals surface area contributed by atoms with Crippen molar-refractivity contribution >= 4 is 22.6 Å². The van der Waals surface area contributed by atoms with Crippen molar-refractivity contribution in [2.75, 3.05) is 4.43 Å². The maximum absolute atomic E-state index is 13.5. The summed E-state index contributed by atoms with van der Waals surface area (Å²) >= 11 is 2.34. The van der Waals surface area contributed by atoms with Crippen molar-refractivity contribution in [2.45, 2.75) is 52.2 Å². The van der Waals surface area contributed by atoms with E-state index in [4.69, 9.17) is 4.74 Å². The molecule has 2 rings (SSSR count). The summed E-state index contributed by atoms with van der Waals surface area (Å²) < 4.78 is 20.8. The minimum absolute atomic E-state index is 0.00199. The number of hydrogen-bond acceptors (Lipinski definition) is 1. The zero-order valence-corrected chi connectivity index (χ0v) is 15.3. The van der Waals surface area contributed by atoms with Crippen molar-refractivity contribution < 1.29 is 9.13 Å². The van der Waals surface area contributed by atoms with Crippen LogP contribution in [-0.2, 0) is 4.74 Å². The van der Waals surface area contributed by atoms with Crippen LogP contribution in [0.4, 0.5) is 4.39 Å². The van der Waals surface area contributed by atoms with Gasteiger partial charge in [-0.05, 0) is 48.3 Å². The Bertz CT molecular complexity index is 449. The van der Waals surface area contributed by atoms with Gasteiger partial charge in [-0.2, -0.15) is 0 Å². The SMILES string of the molecule is CC1CCC(C(C)C)C(OC(CI)c2cccc(F)c2)C1. The Hall–Kier alpha value is -0.160. The first kappa shape index (κ1) is 17.2. The van der Waals surface area contributed by atoms with Crippen LogP contribution in [0.1, 0.15) is 51.7 Å². The summed E-state index contributed by atoms with van der Waals surface area (Å²) in [6.07, 6.45) is 3.98. The van der Waals surface area contributed by atoms with E-state index >= 15 is 0 Å². The summed E-state index contributed by atoms with van der Waals surface area (Å²) in [6, 6.07) is 6.85. The standard InChI is InChI=1S/C18H26FIO/c1-12(2)16-8-7-13(3)9-17(16)21-18(11-20)14-5-4-6-15(19)10-14/h4-6,10,12-13,16-18H,7-9,11H2,1-3H3. The molecule has 1 aromatic carbocycles. The second kappa shape index (κ2) is 7.91. The second-order valence-electron chi connectivity index (χ2n) is 6.70. The summed E-state index contributed by atoms with van der Waals surface area (Å²) in [6.45, 7) is 6.89. The van der Waals surface area contributed by atoms with E-state index < -0.39 is 0 Å². The largest absolute Gasteiger partial charge is 0.369 e. The van der Waals surface area contributed by atoms with Crippen LogP contribution in [0.3, 0.4) is 0 Å². The van der Waals surface area contributed by atoms with Crippen molar-refractivity contribution in [3.8, 4) is 0 Å². The van der Waals surface area contributed by atoms with E-state index in [-0.39, 0.29) is 11.9 Å². The van der Waals surface area contributed by atoms with Gasteiger partial charge >= 0.3 is 0 Å². The molecule has 21 heavy (non-hydrogen) atoms. The highest BCUT2D eigenvalue weighted by Crippen LogP contribution is 2.38. The van der Waals surface area contributed by atoms with Crippen molar-refractivity contribution in [2.24, 2.45) is 17.8 Å². The van der Waals surface area contributed by atoms with Gasteiger partial charge in [0.05, 0.1) is 12.2 Å². The third kappa shape index (κ3) is 4.65. The Balaban J connectivity index is 2.11. The maximum Gasteiger partial charge on any atom is 0.123 e. The molecule has 1 aliphatic carbocycles. The van der Waals surface area contributed by atoms with E-state index in [0.717, 1.165) is 22.3 Å². The monoisotopic (exact) mass is 404 g/mol. The molecule has 0 saturated heterocycles. The molecule has 0 amide bonds. The predicted octanol–water partition coefficient (Wildman–Crippen LogP) is 5.78. The van der Waals surface area contributed by atoms with Gasteiger partial charge < -0.3 is 4.74 Å². The summed E-state index contributed by atoms with van der Waals surface area (Å²) in [4.78, 5) is 0. The summed E-state index contributed by atoms with van der Waals surface area (Å²) in [5.41, 5.74) is 0.963. The number of ether oxygens (including phenoxy) is 1. The van der Waals surface area contributed by atoms with Crippen LogP contribution in [-0.4, -0.2) is 10.5 Å². The molecule has 1 nitrogen and oxygen atoms in total. The van der Waals surface area contributed by atoms with E-state index in [1.807, 2.05) is 6.07 Å². The molecule has 1 saturated carbocycles. The average molecular weight is 404 g/mol. The fourth-order valence-electron chi connectivity index (χ4n) is 3.39. The molecular weight excluding hydrogens is 378 g/mol. The molecule has 1 aliphatic rings. The van der Waals surface area contributed by atoms with Gasteiger partial charge in [0.1, 0.15) is 5.82 Å². The molecule has 1 aromatic rings. The fraction of sp³-hybridized carbons (Fsp3) is 0.667. The predicted molar refractivity (Wildman–Crippen MR) is 94.2 cm³/mol. The Morgan fingerprint density at radius 2 is 2.10 bits per heavy atom. The Morgan fingerprint density at radius 1 is 1.33 bits per heavy atom. The van der Waals surface area contributed by atoms with Gasteiger partial charge in [-0.25, -0.2) is 4.39 Å². The minimum atomic E-state index is -0.177. The van der Waals surface area contributed by atoms with Crippen LogP contribution < -0.4 is 0 Å². The van der Waals surface area contributed by atoms with Gasteiger partial charge in [0.15, 0.2) is 0 Å². The summed E-state index contributed by atoms with van der Waals surface area (Å²) in [7, 11) is 0. The molecule has 3 heteroatoms. The first-order valence-electron chi connectivity index (χ1n) is 7.98. The van der Waals surface area contributed by atoms with Crippen LogP contribution >= 0.6 is 22.6 Å². The molecule has 0 aliphatic heterocycles. The highest BCUT2D eigenvalue weighted by atomic mass is 127. The summed E-state index contributed by atoms with van der Waals surface area (Å²) in [5, 5.41) is 0. The van der Waals surface area contributed by atoms with Gasteiger partial charge in [-0.1, -0.05) is 61.9 Å².